The Morgan fingerprint density at radius 1 is 1.18 bits per heavy atom. The summed E-state index contributed by atoms with van der Waals surface area (Å²) < 4.78 is 10.7. The quantitative estimate of drug-likeness (QED) is 0.804. The number of fused-ring (bicyclic) bond motifs is 1. The van der Waals surface area contributed by atoms with Gasteiger partial charge in [-0.1, -0.05) is 12.1 Å². The van der Waals surface area contributed by atoms with Gasteiger partial charge in [0.05, 0.1) is 0 Å². The van der Waals surface area contributed by atoms with E-state index in [4.69, 9.17) is 9.47 Å². The van der Waals surface area contributed by atoms with Crippen LogP contribution in [0.2, 0.25) is 0 Å². The van der Waals surface area contributed by atoms with Crippen molar-refractivity contribution in [3.05, 3.63) is 48.0 Å². The largest absolute Gasteiger partial charge is 0.454 e. The minimum atomic E-state index is -0.418. The molecule has 28 heavy (non-hydrogen) atoms. The molecule has 0 spiro atoms. The van der Waals surface area contributed by atoms with Crippen LogP contribution in [0.1, 0.15) is 25.3 Å². The van der Waals surface area contributed by atoms with Gasteiger partial charge in [-0.05, 0) is 49.2 Å². The topological polar surface area (TPSA) is 79.9 Å². The second kappa shape index (κ2) is 7.80. The predicted octanol–water partition coefficient (Wildman–Crippen LogP) is 2.66. The molecular formula is C21H23N3O4. The van der Waals surface area contributed by atoms with Crippen LogP contribution in [0.4, 0.5) is 11.4 Å². The predicted molar refractivity (Wildman–Crippen MR) is 106 cm³/mol. The molecule has 2 aliphatic rings. The molecule has 0 radical (unpaired) electrons. The number of rotatable bonds is 6. The molecule has 2 aromatic carbocycles. The van der Waals surface area contributed by atoms with Crippen LogP contribution in [0.15, 0.2) is 42.5 Å². The lowest BCUT2D eigenvalue weighted by atomic mass is 10.2. The SMILES string of the molecule is CC(Nc1cccc(N2CCCC2=O)c1)C(=O)NCc1ccc2c(c1)OCO2. The monoisotopic (exact) mass is 381 g/mol. The van der Waals surface area contributed by atoms with E-state index < -0.39 is 6.04 Å². The first kappa shape index (κ1) is 18.2. The van der Waals surface area contributed by atoms with Gasteiger partial charge in [-0.2, -0.15) is 0 Å². The van der Waals surface area contributed by atoms with Crippen molar-refractivity contribution in [2.24, 2.45) is 0 Å². The summed E-state index contributed by atoms with van der Waals surface area (Å²) in [5, 5.41) is 6.13. The zero-order valence-corrected chi connectivity index (χ0v) is 15.7. The van der Waals surface area contributed by atoms with E-state index in [1.807, 2.05) is 49.4 Å². The van der Waals surface area contributed by atoms with Crippen LogP contribution in [-0.4, -0.2) is 31.2 Å². The van der Waals surface area contributed by atoms with Gasteiger partial charge in [-0.15, -0.1) is 0 Å². The number of nitrogens with zero attached hydrogens (tertiary/aromatic N) is 1. The summed E-state index contributed by atoms with van der Waals surface area (Å²) in [6.07, 6.45) is 1.48. The summed E-state index contributed by atoms with van der Waals surface area (Å²) in [5.41, 5.74) is 2.61. The van der Waals surface area contributed by atoms with Crippen molar-refractivity contribution in [3.8, 4) is 11.5 Å². The van der Waals surface area contributed by atoms with Gasteiger partial charge in [-0.25, -0.2) is 0 Å². The highest BCUT2D eigenvalue weighted by Gasteiger charge is 2.22. The summed E-state index contributed by atoms with van der Waals surface area (Å²) in [4.78, 5) is 26.2. The van der Waals surface area contributed by atoms with E-state index in [2.05, 4.69) is 10.6 Å². The van der Waals surface area contributed by atoms with E-state index in [0.29, 0.717) is 18.7 Å². The van der Waals surface area contributed by atoms with Gasteiger partial charge in [0.25, 0.3) is 0 Å². The molecule has 0 aromatic heterocycles. The zero-order chi connectivity index (χ0) is 19.5. The smallest absolute Gasteiger partial charge is 0.242 e. The van der Waals surface area contributed by atoms with E-state index >= 15 is 0 Å². The molecule has 0 bridgehead atoms. The van der Waals surface area contributed by atoms with Gasteiger partial charge in [-0.3, -0.25) is 9.59 Å². The average molecular weight is 381 g/mol. The molecule has 1 atom stereocenters. The fourth-order valence-corrected chi connectivity index (χ4v) is 3.39. The Morgan fingerprint density at radius 3 is 2.86 bits per heavy atom. The maximum Gasteiger partial charge on any atom is 0.242 e. The number of benzene rings is 2. The molecular weight excluding hydrogens is 358 g/mol. The molecule has 7 heteroatoms. The van der Waals surface area contributed by atoms with Crippen molar-refractivity contribution in [2.75, 3.05) is 23.6 Å². The lowest BCUT2D eigenvalue weighted by Crippen LogP contribution is -2.37. The minimum Gasteiger partial charge on any atom is -0.454 e. The number of nitrogens with one attached hydrogen (secondary N) is 2. The van der Waals surface area contributed by atoms with Crippen LogP contribution in [0.25, 0.3) is 0 Å². The highest BCUT2D eigenvalue weighted by Crippen LogP contribution is 2.32. The Labute approximate surface area is 163 Å². The van der Waals surface area contributed by atoms with Gasteiger partial charge in [0, 0.05) is 30.9 Å². The molecule has 2 heterocycles. The van der Waals surface area contributed by atoms with Crippen molar-refractivity contribution in [1.29, 1.82) is 0 Å². The fraction of sp³-hybridized carbons (Fsp3) is 0.333. The van der Waals surface area contributed by atoms with Gasteiger partial charge < -0.3 is 25.0 Å². The van der Waals surface area contributed by atoms with Crippen LogP contribution in [0.3, 0.4) is 0 Å². The highest BCUT2D eigenvalue weighted by atomic mass is 16.7. The fourth-order valence-electron chi connectivity index (χ4n) is 3.39. The van der Waals surface area contributed by atoms with Gasteiger partial charge in [0.15, 0.2) is 11.5 Å². The van der Waals surface area contributed by atoms with Gasteiger partial charge in [0.1, 0.15) is 6.04 Å². The molecule has 1 saturated heterocycles. The van der Waals surface area contributed by atoms with Crippen LogP contribution < -0.4 is 25.0 Å². The first-order valence-corrected chi connectivity index (χ1v) is 9.43. The first-order valence-electron chi connectivity index (χ1n) is 9.43. The Bertz CT molecular complexity index is 899. The van der Waals surface area contributed by atoms with Gasteiger partial charge in [0.2, 0.25) is 18.6 Å². The Morgan fingerprint density at radius 2 is 2.04 bits per heavy atom. The molecule has 2 aromatic rings. The Hall–Kier alpha value is -3.22. The second-order valence-electron chi connectivity index (χ2n) is 6.97. The van der Waals surface area contributed by atoms with Crippen molar-refractivity contribution in [2.45, 2.75) is 32.4 Å². The molecule has 2 N–H and O–H groups in total. The van der Waals surface area contributed by atoms with E-state index in [0.717, 1.165) is 35.7 Å². The van der Waals surface area contributed by atoms with Crippen molar-refractivity contribution in [1.82, 2.24) is 5.32 Å². The molecule has 146 valence electrons. The lowest BCUT2D eigenvalue weighted by Gasteiger charge is -2.19. The third-order valence-electron chi connectivity index (χ3n) is 4.91. The maximum absolute atomic E-state index is 12.5. The van der Waals surface area contributed by atoms with Crippen LogP contribution >= 0.6 is 0 Å². The molecule has 0 saturated carbocycles. The molecule has 2 aliphatic heterocycles. The van der Waals surface area contributed by atoms with Gasteiger partial charge >= 0.3 is 0 Å². The minimum absolute atomic E-state index is 0.111. The molecule has 1 fully saturated rings. The Balaban J connectivity index is 1.33. The number of anilines is 2. The summed E-state index contributed by atoms with van der Waals surface area (Å²) in [5.74, 6) is 1.46. The maximum atomic E-state index is 12.5. The number of ether oxygens (including phenoxy) is 2. The van der Waals surface area contributed by atoms with E-state index in [-0.39, 0.29) is 18.6 Å². The molecule has 0 aliphatic carbocycles. The Kier molecular flexibility index (Phi) is 5.06. The summed E-state index contributed by atoms with van der Waals surface area (Å²) in [6, 6.07) is 12.8. The van der Waals surface area contributed by atoms with Crippen molar-refractivity contribution in [3.63, 3.8) is 0 Å². The number of hydrogen-bond acceptors (Lipinski definition) is 5. The lowest BCUT2D eigenvalue weighted by molar-refractivity contribution is -0.121. The highest BCUT2D eigenvalue weighted by molar-refractivity contribution is 5.95. The van der Waals surface area contributed by atoms with Crippen molar-refractivity contribution < 1.29 is 19.1 Å². The van der Waals surface area contributed by atoms with Crippen LogP contribution in [0, 0.1) is 0 Å². The zero-order valence-electron chi connectivity index (χ0n) is 15.7. The van der Waals surface area contributed by atoms with E-state index in [9.17, 15) is 9.59 Å². The summed E-state index contributed by atoms with van der Waals surface area (Å²) in [6.45, 7) is 3.19. The standard InChI is InChI=1S/C21H23N3O4/c1-14(21(26)22-12-15-7-8-18-19(10-15)28-13-27-18)23-16-4-2-5-17(11-16)24-9-3-6-20(24)25/h2,4-5,7-8,10-11,14,23H,3,6,9,12-13H2,1H3,(H,22,26). The normalized spacial score (nSPS) is 16.2. The number of carbonyl (C=O) groups excluding carboxylic acids is 2. The molecule has 1 unspecified atom stereocenters. The second-order valence-corrected chi connectivity index (χ2v) is 6.97. The van der Waals surface area contributed by atoms with E-state index in [1.54, 1.807) is 4.90 Å². The first-order chi connectivity index (χ1) is 13.6. The number of carbonyl (C=O) groups is 2. The van der Waals surface area contributed by atoms with Crippen LogP contribution in [0.5, 0.6) is 11.5 Å². The number of hydrogen-bond donors (Lipinski definition) is 2. The number of amides is 2. The summed E-state index contributed by atoms with van der Waals surface area (Å²) in [7, 11) is 0. The third-order valence-corrected chi connectivity index (χ3v) is 4.91. The molecule has 2 amide bonds. The molecule has 4 rings (SSSR count). The average Bonchev–Trinajstić information content (AvgIpc) is 3.34. The van der Waals surface area contributed by atoms with E-state index in [1.165, 1.54) is 0 Å². The van der Waals surface area contributed by atoms with Crippen molar-refractivity contribution >= 4 is 23.2 Å². The third kappa shape index (κ3) is 3.88. The van der Waals surface area contributed by atoms with Crippen LogP contribution in [-0.2, 0) is 16.1 Å². The summed E-state index contributed by atoms with van der Waals surface area (Å²) >= 11 is 0. The molecule has 7 nitrogen and oxygen atoms in total.